The summed E-state index contributed by atoms with van der Waals surface area (Å²) in [6.45, 7) is 7.42. The highest BCUT2D eigenvalue weighted by Crippen LogP contribution is 2.40. The molecule has 1 aromatic carbocycles. The molecular weight excluding hydrogens is 400 g/mol. The lowest BCUT2D eigenvalue weighted by molar-refractivity contribution is -0.384. The fourth-order valence-electron chi connectivity index (χ4n) is 2.95. The van der Waals surface area contributed by atoms with Crippen molar-refractivity contribution in [1.29, 1.82) is 0 Å². The van der Waals surface area contributed by atoms with E-state index in [0.29, 0.717) is 5.56 Å². The van der Waals surface area contributed by atoms with E-state index >= 15 is 0 Å². The molecule has 0 aliphatic carbocycles. The van der Waals surface area contributed by atoms with Crippen molar-refractivity contribution < 1.29 is 24.0 Å². The number of carbonyl (C=O) groups excluding carboxylic acids is 2. The molecule has 0 bridgehead atoms. The Kier molecular flexibility index (Phi) is 7.39. The number of esters is 2. The van der Waals surface area contributed by atoms with Crippen LogP contribution in [0.1, 0.15) is 39.2 Å². The molecular formula is C20H23ClN2O6. The lowest BCUT2D eigenvalue weighted by atomic mass is 9.83. The zero-order chi connectivity index (χ0) is 21.7. The van der Waals surface area contributed by atoms with Gasteiger partial charge in [0.25, 0.3) is 5.69 Å². The molecule has 156 valence electrons. The van der Waals surface area contributed by atoms with Crippen molar-refractivity contribution in [2.75, 3.05) is 13.2 Å². The lowest BCUT2D eigenvalue weighted by Gasteiger charge is -2.32. The number of nitro groups is 1. The number of hydrogen-bond acceptors (Lipinski definition) is 7. The summed E-state index contributed by atoms with van der Waals surface area (Å²) in [5.41, 5.74) is 0.412. The molecule has 0 unspecified atom stereocenters. The second kappa shape index (κ2) is 9.56. The Morgan fingerprint density at radius 2 is 1.66 bits per heavy atom. The summed E-state index contributed by atoms with van der Waals surface area (Å²) in [6, 6.07) is 4.13. The van der Waals surface area contributed by atoms with Crippen LogP contribution in [0.15, 0.2) is 41.7 Å². The van der Waals surface area contributed by atoms with Gasteiger partial charge >= 0.3 is 11.9 Å². The lowest BCUT2D eigenvalue weighted by Crippen LogP contribution is -2.32. The predicted octanol–water partition coefficient (Wildman–Crippen LogP) is 3.95. The zero-order valence-electron chi connectivity index (χ0n) is 16.7. The number of carbonyl (C=O) groups is 2. The Balaban J connectivity index is 2.69. The summed E-state index contributed by atoms with van der Waals surface area (Å²) in [6.07, 6.45) is 3.19. The SMILES string of the molecule is CCOC(=O)C1=CN(C(C)C)C=C(C(=O)OCC)C1c1ccc(Cl)c([N+](=O)[O-])c1. The fraction of sp³-hybridized carbons (Fsp3) is 0.400. The van der Waals surface area contributed by atoms with E-state index < -0.39 is 22.8 Å². The molecule has 29 heavy (non-hydrogen) atoms. The second-order valence-corrected chi connectivity index (χ2v) is 6.96. The Bertz CT molecular complexity index is 842. The molecule has 1 aromatic rings. The first kappa shape index (κ1) is 22.4. The normalized spacial score (nSPS) is 14.3. The number of rotatable bonds is 7. The van der Waals surface area contributed by atoms with E-state index in [0.717, 1.165) is 0 Å². The van der Waals surface area contributed by atoms with Gasteiger partial charge in [-0.15, -0.1) is 0 Å². The minimum Gasteiger partial charge on any atom is -0.463 e. The topological polar surface area (TPSA) is 99.0 Å². The molecule has 1 aliphatic heterocycles. The molecule has 0 amide bonds. The highest BCUT2D eigenvalue weighted by Gasteiger charge is 2.37. The Hall–Kier alpha value is -2.87. The number of ether oxygens (including phenoxy) is 2. The molecule has 0 saturated heterocycles. The first-order valence-electron chi connectivity index (χ1n) is 9.20. The van der Waals surface area contributed by atoms with Crippen LogP contribution in [-0.2, 0) is 19.1 Å². The highest BCUT2D eigenvalue weighted by atomic mass is 35.5. The average molecular weight is 423 g/mol. The van der Waals surface area contributed by atoms with Crippen molar-refractivity contribution in [3.05, 3.63) is 62.4 Å². The summed E-state index contributed by atoms with van der Waals surface area (Å²) in [4.78, 5) is 37.8. The number of hydrogen-bond donors (Lipinski definition) is 0. The van der Waals surface area contributed by atoms with Crippen LogP contribution in [0.2, 0.25) is 5.02 Å². The van der Waals surface area contributed by atoms with Crippen molar-refractivity contribution in [3.63, 3.8) is 0 Å². The van der Waals surface area contributed by atoms with Gasteiger partial charge in [0.2, 0.25) is 0 Å². The molecule has 8 nitrogen and oxygen atoms in total. The fourth-order valence-corrected chi connectivity index (χ4v) is 3.14. The summed E-state index contributed by atoms with van der Waals surface area (Å²) in [5.74, 6) is -2.12. The van der Waals surface area contributed by atoms with Crippen LogP contribution in [0.3, 0.4) is 0 Å². The van der Waals surface area contributed by atoms with E-state index in [2.05, 4.69) is 0 Å². The molecule has 0 N–H and O–H groups in total. The molecule has 0 saturated carbocycles. The maximum Gasteiger partial charge on any atom is 0.336 e. The molecule has 1 aliphatic rings. The van der Waals surface area contributed by atoms with Gasteiger partial charge < -0.3 is 14.4 Å². The van der Waals surface area contributed by atoms with Crippen LogP contribution in [0.5, 0.6) is 0 Å². The van der Waals surface area contributed by atoms with E-state index in [-0.39, 0.29) is 41.1 Å². The first-order valence-corrected chi connectivity index (χ1v) is 9.57. The van der Waals surface area contributed by atoms with Crippen LogP contribution in [0, 0.1) is 10.1 Å². The Morgan fingerprint density at radius 1 is 1.14 bits per heavy atom. The molecule has 0 radical (unpaired) electrons. The van der Waals surface area contributed by atoms with Gasteiger partial charge in [0.15, 0.2) is 0 Å². The molecule has 2 rings (SSSR count). The number of benzene rings is 1. The van der Waals surface area contributed by atoms with E-state index in [4.69, 9.17) is 21.1 Å². The van der Waals surface area contributed by atoms with Crippen molar-refractivity contribution >= 4 is 29.2 Å². The van der Waals surface area contributed by atoms with E-state index in [1.165, 1.54) is 12.1 Å². The third-order valence-electron chi connectivity index (χ3n) is 4.32. The van der Waals surface area contributed by atoms with Gasteiger partial charge in [0.05, 0.1) is 35.2 Å². The number of nitrogens with zero attached hydrogens (tertiary/aromatic N) is 2. The largest absolute Gasteiger partial charge is 0.463 e. The van der Waals surface area contributed by atoms with Gasteiger partial charge in [-0.2, -0.15) is 0 Å². The highest BCUT2D eigenvalue weighted by molar-refractivity contribution is 6.32. The monoisotopic (exact) mass is 422 g/mol. The molecule has 0 fully saturated rings. The molecule has 0 spiro atoms. The van der Waals surface area contributed by atoms with Crippen molar-refractivity contribution in [2.45, 2.75) is 39.7 Å². The third kappa shape index (κ3) is 4.95. The maximum atomic E-state index is 12.7. The van der Waals surface area contributed by atoms with Gasteiger partial charge in [-0.25, -0.2) is 9.59 Å². The standard InChI is InChI=1S/C20H23ClN2O6/c1-5-28-19(24)14-10-22(12(3)4)11-15(20(25)29-6-2)18(14)13-7-8-16(21)17(9-13)23(26)27/h7-12,18H,5-6H2,1-4H3. The summed E-state index contributed by atoms with van der Waals surface area (Å²) in [7, 11) is 0. The quantitative estimate of drug-likeness (QED) is 0.372. The second-order valence-electron chi connectivity index (χ2n) is 6.55. The molecule has 9 heteroatoms. The first-order chi connectivity index (χ1) is 13.7. The Labute approximate surface area is 173 Å². The van der Waals surface area contributed by atoms with Gasteiger partial charge in [-0.1, -0.05) is 17.7 Å². The van der Waals surface area contributed by atoms with Crippen molar-refractivity contribution in [3.8, 4) is 0 Å². The van der Waals surface area contributed by atoms with Crippen LogP contribution in [0.4, 0.5) is 5.69 Å². The molecule has 1 heterocycles. The van der Waals surface area contributed by atoms with E-state index in [1.807, 2.05) is 13.8 Å². The van der Waals surface area contributed by atoms with E-state index in [1.54, 1.807) is 37.2 Å². The third-order valence-corrected chi connectivity index (χ3v) is 4.64. The van der Waals surface area contributed by atoms with Crippen molar-refractivity contribution in [2.24, 2.45) is 0 Å². The van der Waals surface area contributed by atoms with E-state index in [9.17, 15) is 19.7 Å². The minimum absolute atomic E-state index is 0.0401. The van der Waals surface area contributed by atoms with Crippen LogP contribution < -0.4 is 0 Å². The number of halogens is 1. The summed E-state index contributed by atoms with van der Waals surface area (Å²) >= 11 is 5.93. The zero-order valence-corrected chi connectivity index (χ0v) is 17.4. The van der Waals surface area contributed by atoms with Gasteiger partial charge in [0.1, 0.15) is 5.02 Å². The van der Waals surface area contributed by atoms with Gasteiger partial charge in [0, 0.05) is 24.5 Å². The van der Waals surface area contributed by atoms with Gasteiger partial charge in [-0.05, 0) is 39.3 Å². The van der Waals surface area contributed by atoms with Crippen LogP contribution >= 0.6 is 11.6 Å². The Morgan fingerprint density at radius 3 is 2.07 bits per heavy atom. The summed E-state index contributed by atoms with van der Waals surface area (Å²) < 4.78 is 10.4. The number of nitro benzene ring substituents is 1. The van der Waals surface area contributed by atoms with Crippen LogP contribution in [-0.4, -0.2) is 41.0 Å². The molecule has 0 atom stereocenters. The smallest absolute Gasteiger partial charge is 0.336 e. The predicted molar refractivity (Wildman–Crippen MR) is 107 cm³/mol. The summed E-state index contributed by atoms with van der Waals surface area (Å²) in [5, 5.41) is 11.3. The molecule has 0 aromatic heterocycles. The van der Waals surface area contributed by atoms with Crippen LogP contribution in [0.25, 0.3) is 0 Å². The van der Waals surface area contributed by atoms with Gasteiger partial charge in [-0.3, -0.25) is 10.1 Å². The van der Waals surface area contributed by atoms with Crippen molar-refractivity contribution in [1.82, 2.24) is 4.90 Å². The average Bonchev–Trinajstić information content (AvgIpc) is 2.67. The minimum atomic E-state index is -0.890. The maximum absolute atomic E-state index is 12.7.